The summed E-state index contributed by atoms with van der Waals surface area (Å²) >= 11 is 0. The number of aromatic hydroxyl groups is 1. The predicted molar refractivity (Wildman–Crippen MR) is 130 cm³/mol. The van der Waals surface area contributed by atoms with E-state index in [0.717, 1.165) is 12.1 Å². The Kier molecular flexibility index (Phi) is 10.2. The van der Waals surface area contributed by atoms with Crippen molar-refractivity contribution in [2.45, 2.75) is 6.18 Å². The van der Waals surface area contributed by atoms with Crippen molar-refractivity contribution in [2.75, 3.05) is 39.6 Å². The zero-order valence-electron chi connectivity index (χ0n) is 20.2. The third kappa shape index (κ3) is 9.29. The summed E-state index contributed by atoms with van der Waals surface area (Å²) in [4.78, 5) is 32.2. The van der Waals surface area contributed by atoms with E-state index in [2.05, 4.69) is 20.6 Å². The molecule has 0 aliphatic rings. The van der Waals surface area contributed by atoms with E-state index in [0.29, 0.717) is 35.1 Å². The van der Waals surface area contributed by atoms with Crippen molar-refractivity contribution < 1.29 is 37.7 Å². The maximum Gasteiger partial charge on any atom is 0.490 e. The van der Waals surface area contributed by atoms with Gasteiger partial charge < -0.3 is 30.5 Å². The number of halogens is 3. The Labute approximate surface area is 210 Å². The zero-order valence-corrected chi connectivity index (χ0v) is 20.2. The second-order valence-electron chi connectivity index (χ2n) is 7.74. The lowest BCUT2D eigenvalue weighted by Gasteiger charge is -2.14. The molecule has 1 amide bonds. The monoisotopic (exact) mass is 521 g/mol. The van der Waals surface area contributed by atoms with Gasteiger partial charge in [0, 0.05) is 24.2 Å². The fourth-order valence-electron chi connectivity index (χ4n) is 2.78. The lowest BCUT2D eigenvalue weighted by molar-refractivity contribution is -0.192. The molecule has 0 unspecified atom stereocenters. The Bertz CT molecular complexity index is 1200. The van der Waals surface area contributed by atoms with Gasteiger partial charge in [-0.15, -0.1) is 0 Å². The smallest absolute Gasteiger partial charge is 0.490 e. The Balaban J connectivity index is 0.000000604. The van der Waals surface area contributed by atoms with E-state index in [1.165, 1.54) is 0 Å². The van der Waals surface area contributed by atoms with E-state index in [1.54, 1.807) is 62.0 Å². The molecule has 0 saturated heterocycles. The highest BCUT2D eigenvalue weighted by molar-refractivity contribution is 5.95. The van der Waals surface area contributed by atoms with Crippen LogP contribution in [-0.2, 0) is 4.79 Å². The molecular formula is C24H26F3N5O5. The second kappa shape index (κ2) is 13.1. The SMILES string of the molecule is COc1ccc(C(=O)NCCN(C)C)cc1Nc1cncc(-c2ccc(O)cc2)n1.O=C(O)C(F)(F)F. The van der Waals surface area contributed by atoms with Gasteiger partial charge in [-0.05, 0) is 56.6 Å². The first-order valence-corrected chi connectivity index (χ1v) is 10.7. The van der Waals surface area contributed by atoms with Crippen molar-refractivity contribution >= 4 is 23.4 Å². The lowest BCUT2D eigenvalue weighted by Crippen LogP contribution is -2.31. The van der Waals surface area contributed by atoms with Crippen LogP contribution in [0.4, 0.5) is 24.7 Å². The van der Waals surface area contributed by atoms with Crippen LogP contribution < -0.4 is 15.4 Å². The van der Waals surface area contributed by atoms with Gasteiger partial charge in [0.15, 0.2) is 0 Å². The van der Waals surface area contributed by atoms with Crippen LogP contribution in [0.25, 0.3) is 11.3 Å². The number of alkyl halides is 3. The van der Waals surface area contributed by atoms with E-state index in [1.807, 2.05) is 19.0 Å². The molecule has 0 radical (unpaired) electrons. The number of carboxylic acid groups (broad SMARTS) is 1. The summed E-state index contributed by atoms with van der Waals surface area (Å²) in [5.41, 5.74) is 2.59. The molecule has 1 heterocycles. The van der Waals surface area contributed by atoms with Crippen LogP contribution in [0.5, 0.6) is 11.5 Å². The first kappa shape index (κ1) is 28.8. The standard InChI is InChI=1S/C22H25N5O3.C2HF3O2/c1-27(2)11-10-24-22(29)16-6-9-20(30-3)18(12-16)25-21-14-23-13-19(26-21)15-4-7-17(28)8-5-15;3-2(4,5)1(6)7/h4-9,12-14,28H,10-11H2,1-3H3,(H,24,29)(H,25,26);(H,6,7). The molecule has 3 aromatic rings. The number of aliphatic carboxylic acids is 1. The van der Waals surface area contributed by atoms with Gasteiger partial charge in [-0.2, -0.15) is 13.2 Å². The van der Waals surface area contributed by atoms with E-state index in [-0.39, 0.29) is 11.7 Å². The van der Waals surface area contributed by atoms with Gasteiger partial charge in [0.1, 0.15) is 17.3 Å². The topological polar surface area (TPSA) is 137 Å². The number of rotatable bonds is 8. The van der Waals surface area contributed by atoms with E-state index in [9.17, 15) is 23.1 Å². The van der Waals surface area contributed by atoms with Crippen LogP contribution >= 0.6 is 0 Å². The first-order chi connectivity index (χ1) is 17.4. The number of nitrogens with one attached hydrogen (secondary N) is 2. The van der Waals surface area contributed by atoms with Crippen LogP contribution in [0, 0.1) is 0 Å². The third-order valence-corrected chi connectivity index (χ3v) is 4.61. The third-order valence-electron chi connectivity index (χ3n) is 4.61. The molecule has 1 aromatic heterocycles. The molecule has 4 N–H and O–H groups in total. The number of benzene rings is 2. The van der Waals surface area contributed by atoms with Crippen LogP contribution in [0.3, 0.4) is 0 Å². The minimum absolute atomic E-state index is 0.161. The molecule has 3 rings (SSSR count). The molecule has 0 spiro atoms. The summed E-state index contributed by atoms with van der Waals surface area (Å²) in [6.45, 7) is 1.31. The normalized spacial score (nSPS) is 10.8. The summed E-state index contributed by atoms with van der Waals surface area (Å²) in [5, 5.41) is 22.7. The number of ether oxygens (including phenoxy) is 1. The Hall–Kier alpha value is -4.39. The minimum atomic E-state index is -5.08. The van der Waals surface area contributed by atoms with Crippen molar-refractivity contribution in [1.29, 1.82) is 0 Å². The summed E-state index contributed by atoms with van der Waals surface area (Å²) in [7, 11) is 5.47. The number of carbonyl (C=O) groups excluding carboxylic acids is 1. The summed E-state index contributed by atoms with van der Waals surface area (Å²) < 4.78 is 37.2. The largest absolute Gasteiger partial charge is 0.508 e. The number of nitrogens with zero attached hydrogens (tertiary/aromatic N) is 3. The van der Waals surface area contributed by atoms with Crippen molar-refractivity contribution in [3.8, 4) is 22.8 Å². The molecule has 0 aliphatic carbocycles. The maximum atomic E-state index is 12.5. The average molecular weight is 521 g/mol. The van der Waals surface area contributed by atoms with Crippen molar-refractivity contribution in [3.05, 3.63) is 60.4 Å². The Morgan fingerprint density at radius 1 is 1.08 bits per heavy atom. The molecule has 13 heteroatoms. The Morgan fingerprint density at radius 3 is 2.30 bits per heavy atom. The van der Waals surface area contributed by atoms with Gasteiger partial charge >= 0.3 is 12.1 Å². The molecule has 2 aromatic carbocycles. The second-order valence-corrected chi connectivity index (χ2v) is 7.74. The average Bonchev–Trinajstić information content (AvgIpc) is 2.84. The molecular weight excluding hydrogens is 495 g/mol. The molecule has 0 atom stereocenters. The number of aromatic nitrogens is 2. The molecule has 0 bridgehead atoms. The molecule has 10 nitrogen and oxygen atoms in total. The number of phenolic OH excluding ortho intramolecular Hbond substituents is 1. The van der Waals surface area contributed by atoms with Gasteiger partial charge in [0.25, 0.3) is 5.91 Å². The maximum absolute atomic E-state index is 12.5. The first-order valence-electron chi connectivity index (χ1n) is 10.7. The molecule has 37 heavy (non-hydrogen) atoms. The predicted octanol–water partition coefficient (Wildman–Crippen LogP) is 3.53. The number of phenols is 1. The fourth-order valence-corrected chi connectivity index (χ4v) is 2.78. The molecule has 198 valence electrons. The van der Waals surface area contributed by atoms with E-state index >= 15 is 0 Å². The highest BCUT2D eigenvalue weighted by Gasteiger charge is 2.38. The number of carboxylic acids is 1. The highest BCUT2D eigenvalue weighted by atomic mass is 19.4. The quantitative estimate of drug-likeness (QED) is 0.351. The Morgan fingerprint density at radius 2 is 1.73 bits per heavy atom. The van der Waals surface area contributed by atoms with Crippen LogP contribution in [0.2, 0.25) is 0 Å². The van der Waals surface area contributed by atoms with Crippen molar-refractivity contribution in [3.63, 3.8) is 0 Å². The van der Waals surface area contributed by atoms with Gasteiger partial charge in [-0.1, -0.05) is 0 Å². The molecule has 0 aliphatic heterocycles. The van der Waals surface area contributed by atoms with Crippen LogP contribution in [0.1, 0.15) is 10.4 Å². The summed E-state index contributed by atoms with van der Waals surface area (Å²) in [5.74, 6) is -1.65. The van der Waals surface area contributed by atoms with Crippen LogP contribution in [-0.4, -0.2) is 77.4 Å². The van der Waals surface area contributed by atoms with E-state index in [4.69, 9.17) is 14.6 Å². The van der Waals surface area contributed by atoms with Gasteiger partial charge in [-0.25, -0.2) is 9.78 Å². The number of hydrogen-bond donors (Lipinski definition) is 4. The fraction of sp³-hybridized carbons (Fsp3) is 0.250. The zero-order chi connectivity index (χ0) is 27.6. The number of methoxy groups -OCH3 is 1. The number of likely N-dealkylation sites (N-methyl/N-ethyl adjacent to an activating group) is 1. The van der Waals surface area contributed by atoms with E-state index < -0.39 is 12.1 Å². The number of anilines is 2. The number of carbonyl (C=O) groups is 2. The lowest BCUT2D eigenvalue weighted by atomic mass is 10.1. The van der Waals surface area contributed by atoms with Crippen molar-refractivity contribution in [1.82, 2.24) is 20.2 Å². The summed E-state index contributed by atoms with van der Waals surface area (Å²) in [6, 6.07) is 11.9. The number of hydrogen-bond acceptors (Lipinski definition) is 8. The van der Waals surface area contributed by atoms with Gasteiger partial charge in [0.2, 0.25) is 0 Å². The van der Waals surface area contributed by atoms with Crippen molar-refractivity contribution in [2.24, 2.45) is 0 Å². The van der Waals surface area contributed by atoms with Gasteiger partial charge in [-0.3, -0.25) is 9.78 Å². The minimum Gasteiger partial charge on any atom is -0.508 e. The van der Waals surface area contributed by atoms with Crippen LogP contribution in [0.15, 0.2) is 54.9 Å². The summed E-state index contributed by atoms with van der Waals surface area (Å²) in [6.07, 6.45) is -1.85. The highest BCUT2D eigenvalue weighted by Crippen LogP contribution is 2.29. The molecule has 0 fully saturated rings. The number of amides is 1. The van der Waals surface area contributed by atoms with Gasteiger partial charge in [0.05, 0.1) is 30.9 Å². The molecule has 0 saturated carbocycles.